The first-order chi connectivity index (χ1) is 8.75. The van der Waals surface area contributed by atoms with Gasteiger partial charge in [-0.1, -0.05) is 0 Å². The Hall–Kier alpha value is -0.807. The van der Waals surface area contributed by atoms with Crippen molar-refractivity contribution in [3.8, 4) is 0 Å². The van der Waals surface area contributed by atoms with E-state index in [0.29, 0.717) is 0 Å². The van der Waals surface area contributed by atoms with E-state index in [4.69, 9.17) is 0 Å². The van der Waals surface area contributed by atoms with Crippen molar-refractivity contribution in [2.24, 2.45) is 0 Å². The molecule has 2 aliphatic carbocycles. The van der Waals surface area contributed by atoms with Crippen molar-refractivity contribution in [1.29, 1.82) is 0 Å². The molecule has 89 valence electrons. The van der Waals surface area contributed by atoms with Crippen LogP contribution in [0, 0.1) is 0 Å². The Balaban J connectivity index is 2.07. The minimum absolute atomic E-state index is 0.491. The van der Waals surface area contributed by atoms with Crippen molar-refractivity contribution in [3.63, 3.8) is 0 Å². The third kappa shape index (κ3) is 2.21. The van der Waals surface area contributed by atoms with Crippen molar-refractivity contribution in [2.75, 3.05) is 0 Å². The Morgan fingerprint density at radius 1 is 1.22 bits per heavy atom. The van der Waals surface area contributed by atoms with Crippen molar-refractivity contribution in [1.82, 2.24) is 0 Å². The number of rotatable bonds is 2. The Morgan fingerprint density at radius 3 is 2.78 bits per heavy atom. The fourth-order valence-electron chi connectivity index (χ4n) is 2.71. The van der Waals surface area contributed by atoms with E-state index in [2.05, 4.69) is 62.4 Å². The molecule has 0 saturated carbocycles. The van der Waals surface area contributed by atoms with Gasteiger partial charge in [-0.3, -0.25) is 0 Å². The van der Waals surface area contributed by atoms with E-state index in [1.165, 1.54) is 5.56 Å². The summed E-state index contributed by atoms with van der Waals surface area (Å²) in [6.07, 6.45) is 10.3. The molecule has 1 aromatic rings. The average molecular weight is 313 g/mol. The molecule has 0 heterocycles. The predicted octanol–water partition coefficient (Wildman–Crippen LogP) is 4.31. The summed E-state index contributed by atoms with van der Waals surface area (Å²) in [5.74, 6) is 0. The van der Waals surface area contributed by atoms with Crippen molar-refractivity contribution in [3.05, 3.63) is 64.8 Å². The van der Waals surface area contributed by atoms with E-state index < -0.39 is 22.8 Å². The zero-order valence-corrected chi connectivity index (χ0v) is 13.4. The molecule has 0 nitrogen and oxygen atoms in total. The first-order valence-corrected chi connectivity index (χ1v) is 9.14. The van der Waals surface area contributed by atoms with Crippen LogP contribution in [0.4, 0.5) is 0 Å². The van der Waals surface area contributed by atoms with E-state index in [-0.39, 0.29) is 0 Å². The van der Waals surface area contributed by atoms with Gasteiger partial charge in [-0.15, -0.1) is 0 Å². The van der Waals surface area contributed by atoms with Crippen LogP contribution in [0.3, 0.4) is 0 Å². The zero-order chi connectivity index (χ0) is 12.5. The maximum absolute atomic E-state index is 2.43. The second kappa shape index (κ2) is 5.05. The summed E-state index contributed by atoms with van der Waals surface area (Å²) in [5, 5.41) is 0. The zero-order valence-electron chi connectivity index (χ0n) is 10.9. The van der Waals surface area contributed by atoms with Crippen LogP contribution in [-0.4, -0.2) is 3.21 Å². The summed E-state index contributed by atoms with van der Waals surface area (Å²) in [6, 6.07) is 8.94. The third-order valence-corrected chi connectivity index (χ3v) is 7.16. The van der Waals surface area contributed by atoms with Gasteiger partial charge in [0.15, 0.2) is 0 Å². The van der Waals surface area contributed by atoms with Crippen molar-refractivity contribution < 1.29 is 22.8 Å². The molecular formula is C17H17Zr. The fraction of sp³-hybridized carbons (Fsp3) is 0.235. The van der Waals surface area contributed by atoms with Gasteiger partial charge in [-0.25, -0.2) is 0 Å². The number of hydrogen-bond donors (Lipinski definition) is 0. The van der Waals surface area contributed by atoms with Crippen LogP contribution >= 0.6 is 0 Å². The Labute approximate surface area is 120 Å². The molecule has 0 fully saturated rings. The first-order valence-electron chi connectivity index (χ1n) is 6.49. The molecule has 0 saturated heterocycles. The Kier molecular flexibility index (Phi) is 3.44. The monoisotopic (exact) mass is 311 g/mol. The normalized spacial score (nSPS) is 20.2. The molecule has 18 heavy (non-hydrogen) atoms. The molecule has 3 rings (SSSR count). The quantitative estimate of drug-likeness (QED) is 0.763. The molecule has 0 bridgehead atoms. The van der Waals surface area contributed by atoms with Crippen molar-refractivity contribution in [2.45, 2.75) is 23.9 Å². The van der Waals surface area contributed by atoms with Gasteiger partial charge in [-0.2, -0.15) is 0 Å². The Morgan fingerprint density at radius 2 is 2.06 bits per heavy atom. The molecule has 0 aliphatic heterocycles. The van der Waals surface area contributed by atoms with Gasteiger partial charge in [0.25, 0.3) is 0 Å². The molecule has 0 spiro atoms. The number of benzene rings is 1. The SMILES string of the molecule is C[C](C)=[Zr][CH]1C(C2=CC=CC2)=Cc2ccccc21. The van der Waals surface area contributed by atoms with Gasteiger partial charge in [0, 0.05) is 0 Å². The fourth-order valence-corrected chi connectivity index (χ4v) is 6.20. The van der Waals surface area contributed by atoms with Gasteiger partial charge in [0.2, 0.25) is 0 Å². The van der Waals surface area contributed by atoms with Crippen LogP contribution in [0.5, 0.6) is 0 Å². The van der Waals surface area contributed by atoms with E-state index in [0.717, 1.165) is 10.0 Å². The van der Waals surface area contributed by atoms with Crippen LogP contribution in [0.25, 0.3) is 6.08 Å². The molecule has 2 aliphatic rings. The summed E-state index contributed by atoms with van der Waals surface area (Å²) in [5.41, 5.74) is 6.17. The molecule has 1 unspecified atom stereocenters. The first kappa shape index (κ1) is 12.2. The predicted molar refractivity (Wildman–Crippen MR) is 75.4 cm³/mol. The summed E-state index contributed by atoms with van der Waals surface area (Å²) < 4.78 is 2.42. The molecule has 1 aromatic carbocycles. The van der Waals surface area contributed by atoms with Gasteiger partial charge < -0.3 is 0 Å². The second-order valence-corrected chi connectivity index (χ2v) is 9.72. The van der Waals surface area contributed by atoms with Crippen molar-refractivity contribution >= 4 is 9.28 Å². The van der Waals surface area contributed by atoms with E-state index in [1.54, 1.807) is 19.9 Å². The molecule has 0 amide bonds. The van der Waals surface area contributed by atoms with Gasteiger partial charge >= 0.3 is 121 Å². The number of allylic oxidation sites excluding steroid dienone is 5. The topological polar surface area (TPSA) is 0 Å². The van der Waals surface area contributed by atoms with Crippen LogP contribution < -0.4 is 0 Å². The van der Waals surface area contributed by atoms with E-state index >= 15 is 0 Å². The van der Waals surface area contributed by atoms with E-state index in [1.807, 2.05) is 0 Å². The second-order valence-electron chi connectivity index (χ2n) is 5.13. The summed E-state index contributed by atoms with van der Waals surface area (Å²) in [7, 11) is 0. The summed E-state index contributed by atoms with van der Waals surface area (Å²) in [4.78, 5) is 0. The molecule has 0 N–H and O–H groups in total. The maximum atomic E-state index is 2.43. The van der Waals surface area contributed by atoms with Crippen LogP contribution in [0.1, 0.15) is 35.0 Å². The molecule has 0 aromatic heterocycles. The Bertz CT molecular complexity index is 596. The third-order valence-electron chi connectivity index (χ3n) is 3.50. The molecule has 0 radical (unpaired) electrons. The van der Waals surface area contributed by atoms with Gasteiger partial charge in [0.05, 0.1) is 0 Å². The molecular weight excluding hydrogens is 295 g/mol. The van der Waals surface area contributed by atoms with E-state index in [9.17, 15) is 0 Å². The van der Waals surface area contributed by atoms with Gasteiger partial charge in [0.1, 0.15) is 0 Å². The standard InChI is InChI=1S/C14H11.C3H6.Zr/c1-2-6-11(5-1)14-9-12-7-3-4-8-13(12)10-14;1-3-2;/h1-5,7-10H,6H2;1-2H3;. The summed E-state index contributed by atoms with van der Waals surface area (Å²) in [6.45, 7) is 4.62. The van der Waals surface area contributed by atoms with Crippen LogP contribution in [0.2, 0.25) is 0 Å². The summed E-state index contributed by atoms with van der Waals surface area (Å²) >= 11 is -0.491. The molecule has 1 atom stereocenters. The van der Waals surface area contributed by atoms with Gasteiger partial charge in [-0.05, 0) is 0 Å². The number of hydrogen-bond acceptors (Lipinski definition) is 0. The van der Waals surface area contributed by atoms with Crippen LogP contribution in [-0.2, 0) is 22.8 Å². The minimum atomic E-state index is -0.491. The number of fused-ring (bicyclic) bond motifs is 1. The van der Waals surface area contributed by atoms with Crippen LogP contribution in [0.15, 0.2) is 53.6 Å². The molecule has 1 heteroatoms. The average Bonchev–Trinajstić information content (AvgIpc) is 2.96.